The van der Waals surface area contributed by atoms with Gasteiger partial charge in [-0.25, -0.2) is 9.37 Å². The predicted octanol–water partition coefficient (Wildman–Crippen LogP) is 3.80. The van der Waals surface area contributed by atoms with Crippen molar-refractivity contribution >= 4 is 15.9 Å². The minimum atomic E-state index is -0.274. The maximum absolute atomic E-state index is 13.5. The number of hydrogen-bond acceptors (Lipinski definition) is 2. The van der Waals surface area contributed by atoms with Crippen LogP contribution in [0.4, 0.5) is 4.39 Å². The van der Waals surface area contributed by atoms with Crippen LogP contribution in [0.25, 0.3) is 11.3 Å². The first-order chi connectivity index (χ1) is 9.20. The highest BCUT2D eigenvalue weighted by Crippen LogP contribution is 2.36. The number of fused-ring (bicyclic) bond motifs is 1. The molecule has 0 radical (unpaired) electrons. The second-order valence-electron chi connectivity index (χ2n) is 4.63. The molecule has 100 valence electrons. The van der Waals surface area contributed by atoms with Gasteiger partial charge < -0.3 is 9.30 Å². The Morgan fingerprint density at radius 1 is 1.37 bits per heavy atom. The highest BCUT2D eigenvalue weighted by molar-refractivity contribution is 9.10. The molecule has 19 heavy (non-hydrogen) atoms. The molecule has 1 aliphatic heterocycles. The van der Waals surface area contributed by atoms with Gasteiger partial charge in [0.15, 0.2) is 4.73 Å². The molecule has 0 aliphatic carbocycles. The highest BCUT2D eigenvalue weighted by atomic mass is 79.9. The summed E-state index contributed by atoms with van der Waals surface area (Å²) in [4.78, 5) is 4.55. The second kappa shape index (κ2) is 4.96. The number of hydrogen-bond donors (Lipinski definition) is 0. The molecule has 3 nitrogen and oxygen atoms in total. The number of benzene rings is 1. The Morgan fingerprint density at radius 3 is 3.00 bits per heavy atom. The van der Waals surface area contributed by atoms with E-state index >= 15 is 0 Å². The molecule has 0 saturated carbocycles. The summed E-state index contributed by atoms with van der Waals surface area (Å²) in [6, 6.07) is 4.54. The van der Waals surface area contributed by atoms with E-state index in [4.69, 9.17) is 4.74 Å². The number of nitrogens with zero attached hydrogens (tertiary/aromatic N) is 2. The van der Waals surface area contributed by atoms with Crippen molar-refractivity contribution in [2.75, 3.05) is 7.11 Å². The van der Waals surface area contributed by atoms with E-state index in [0.29, 0.717) is 5.75 Å². The fourth-order valence-corrected chi connectivity index (χ4v) is 3.15. The zero-order valence-electron chi connectivity index (χ0n) is 10.6. The van der Waals surface area contributed by atoms with Gasteiger partial charge in [-0.1, -0.05) is 0 Å². The van der Waals surface area contributed by atoms with E-state index in [2.05, 4.69) is 25.5 Å². The standard InChI is InChI=1S/C14H14BrFN2O/c1-19-12-6-5-9(16)8-10(12)13-11-4-2-3-7-18(11)14(15)17-13/h5-6,8H,2-4,7H2,1H3. The summed E-state index contributed by atoms with van der Waals surface area (Å²) in [5.41, 5.74) is 2.70. The molecule has 0 amide bonds. The van der Waals surface area contributed by atoms with Gasteiger partial charge >= 0.3 is 0 Å². The van der Waals surface area contributed by atoms with Crippen LogP contribution in [0.5, 0.6) is 5.75 Å². The van der Waals surface area contributed by atoms with E-state index in [9.17, 15) is 4.39 Å². The van der Waals surface area contributed by atoms with Gasteiger partial charge in [-0.2, -0.15) is 0 Å². The largest absolute Gasteiger partial charge is 0.496 e. The van der Waals surface area contributed by atoms with Gasteiger partial charge in [-0.3, -0.25) is 0 Å². The molecular weight excluding hydrogens is 311 g/mol. The molecule has 1 aromatic heterocycles. The SMILES string of the molecule is COc1ccc(F)cc1-c1nc(Br)n2c1CCCC2. The Labute approximate surface area is 119 Å². The number of halogens is 2. The quantitative estimate of drug-likeness (QED) is 0.840. The summed E-state index contributed by atoms with van der Waals surface area (Å²) in [5, 5.41) is 0. The summed E-state index contributed by atoms with van der Waals surface area (Å²) in [7, 11) is 1.59. The van der Waals surface area contributed by atoms with Gasteiger partial charge in [0.2, 0.25) is 0 Å². The van der Waals surface area contributed by atoms with Crippen molar-refractivity contribution in [3.63, 3.8) is 0 Å². The molecule has 0 unspecified atom stereocenters. The summed E-state index contributed by atoms with van der Waals surface area (Å²) in [5.74, 6) is 0.379. The molecule has 0 atom stereocenters. The summed E-state index contributed by atoms with van der Waals surface area (Å²) in [6.45, 7) is 0.959. The van der Waals surface area contributed by atoms with Crippen LogP contribution in [0.3, 0.4) is 0 Å². The Balaban J connectivity index is 2.19. The van der Waals surface area contributed by atoms with Gasteiger partial charge in [0.25, 0.3) is 0 Å². The van der Waals surface area contributed by atoms with Crippen molar-refractivity contribution in [3.05, 3.63) is 34.4 Å². The summed E-state index contributed by atoms with van der Waals surface area (Å²) < 4.78 is 21.8. The molecular formula is C14H14BrFN2O. The maximum Gasteiger partial charge on any atom is 0.177 e. The number of methoxy groups -OCH3 is 1. The zero-order valence-corrected chi connectivity index (χ0v) is 12.2. The Bertz CT molecular complexity index is 624. The maximum atomic E-state index is 13.5. The molecule has 2 heterocycles. The zero-order chi connectivity index (χ0) is 13.4. The molecule has 0 spiro atoms. The molecule has 1 aliphatic rings. The first-order valence-electron chi connectivity index (χ1n) is 6.29. The van der Waals surface area contributed by atoms with Crippen molar-refractivity contribution in [3.8, 4) is 17.0 Å². The fraction of sp³-hybridized carbons (Fsp3) is 0.357. The first kappa shape index (κ1) is 12.7. The monoisotopic (exact) mass is 324 g/mol. The van der Waals surface area contributed by atoms with Gasteiger partial charge in [0.1, 0.15) is 11.6 Å². The molecule has 5 heteroatoms. The Morgan fingerprint density at radius 2 is 2.21 bits per heavy atom. The first-order valence-corrected chi connectivity index (χ1v) is 7.09. The van der Waals surface area contributed by atoms with E-state index in [-0.39, 0.29) is 5.82 Å². The lowest BCUT2D eigenvalue weighted by Crippen LogP contribution is -2.10. The third kappa shape index (κ3) is 2.16. The normalized spacial score (nSPS) is 14.3. The lowest BCUT2D eigenvalue weighted by atomic mass is 10.0. The number of aromatic nitrogens is 2. The van der Waals surface area contributed by atoms with Crippen LogP contribution in [-0.4, -0.2) is 16.7 Å². The molecule has 3 rings (SSSR count). The van der Waals surface area contributed by atoms with Crippen LogP contribution in [0.1, 0.15) is 18.5 Å². The van der Waals surface area contributed by atoms with Crippen molar-refractivity contribution in [1.82, 2.24) is 9.55 Å². The van der Waals surface area contributed by atoms with E-state index in [1.165, 1.54) is 12.1 Å². The van der Waals surface area contributed by atoms with Crippen molar-refractivity contribution in [2.45, 2.75) is 25.8 Å². The van der Waals surface area contributed by atoms with Crippen LogP contribution in [0.15, 0.2) is 22.9 Å². The van der Waals surface area contributed by atoms with Crippen molar-refractivity contribution in [1.29, 1.82) is 0 Å². The number of rotatable bonds is 2. The Kier molecular flexibility index (Phi) is 3.31. The topological polar surface area (TPSA) is 27.1 Å². The summed E-state index contributed by atoms with van der Waals surface area (Å²) in [6.07, 6.45) is 3.26. The van der Waals surface area contributed by atoms with Gasteiger partial charge in [-0.05, 0) is 53.4 Å². The van der Waals surface area contributed by atoms with Crippen molar-refractivity contribution in [2.24, 2.45) is 0 Å². The van der Waals surface area contributed by atoms with Crippen LogP contribution in [-0.2, 0) is 13.0 Å². The molecule has 0 fully saturated rings. The minimum Gasteiger partial charge on any atom is -0.496 e. The molecule has 1 aromatic carbocycles. The minimum absolute atomic E-state index is 0.274. The van der Waals surface area contributed by atoms with Crippen molar-refractivity contribution < 1.29 is 9.13 Å². The Hall–Kier alpha value is -1.36. The highest BCUT2D eigenvalue weighted by Gasteiger charge is 2.22. The van der Waals surface area contributed by atoms with Crippen LogP contribution in [0, 0.1) is 5.82 Å². The van der Waals surface area contributed by atoms with E-state index in [0.717, 1.165) is 47.5 Å². The van der Waals surface area contributed by atoms with Gasteiger partial charge in [0, 0.05) is 17.8 Å². The number of ether oxygens (including phenoxy) is 1. The lowest BCUT2D eigenvalue weighted by Gasteiger charge is -2.16. The molecule has 2 aromatic rings. The smallest absolute Gasteiger partial charge is 0.177 e. The van der Waals surface area contributed by atoms with E-state index < -0.39 is 0 Å². The average Bonchev–Trinajstić information content (AvgIpc) is 2.77. The second-order valence-corrected chi connectivity index (χ2v) is 5.34. The van der Waals surface area contributed by atoms with Crippen LogP contribution < -0.4 is 4.74 Å². The third-order valence-electron chi connectivity index (χ3n) is 3.49. The van der Waals surface area contributed by atoms with Crippen LogP contribution in [0.2, 0.25) is 0 Å². The van der Waals surface area contributed by atoms with Crippen LogP contribution >= 0.6 is 15.9 Å². The molecule has 0 bridgehead atoms. The third-order valence-corrected chi connectivity index (χ3v) is 4.09. The van der Waals surface area contributed by atoms with Gasteiger partial charge in [0.05, 0.1) is 12.8 Å². The number of imidazole rings is 1. The van der Waals surface area contributed by atoms with E-state index in [1.54, 1.807) is 13.2 Å². The average molecular weight is 325 g/mol. The predicted molar refractivity (Wildman–Crippen MR) is 74.8 cm³/mol. The fourth-order valence-electron chi connectivity index (χ4n) is 2.58. The summed E-state index contributed by atoms with van der Waals surface area (Å²) >= 11 is 3.48. The lowest BCUT2D eigenvalue weighted by molar-refractivity contribution is 0.415. The molecule has 0 saturated heterocycles. The van der Waals surface area contributed by atoms with Gasteiger partial charge in [-0.15, -0.1) is 0 Å². The molecule has 0 N–H and O–H groups in total. The van der Waals surface area contributed by atoms with E-state index in [1.807, 2.05) is 0 Å².